The Morgan fingerprint density at radius 1 is 1.57 bits per heavy atom. The van der Waals surface area contributed by atoms with Crippen LogP contribution < -0.4 is 0 Å². The summed E-state index contributed by atoms with van der Waals surface area (Å²) >= 11 is 0. The van der Waals surface area contributed by atoms with E-state index < -0.39 is 17.8 Å². The molecule has 0 bridgehead atoms. The molecule has 0 aliphatic rings. The van der Waals surface area contributed by atoms with Gasteiger partial charge in [0.05, 0.1) is 16.6 Å². The molecule has 0 radical (unpaired) electrons. The minimum Gasteiger partial charge on any atom is -0.371 e. The van der Waals surface area contributed by atoms with E-state index in [2.05, 4.69) is 0 Å². The van der Waals surface area contributed by atoms with Gasteiger partial charge in [-0.25, -0.2) is 0 Å². The third-order valence-corrected chi connectivity index (χ3v) is 1.90. The van der Waals surface area contributed by atoms with E-state index in [1.165, 1.54) is 6.07 Å². The maximum absolute atomic E-state index is 10.6. The molecular weight excluding hydrogens is 186 g/mol. The number of hydrogen-bond donors (Lipinski definition) is 1. The average Bonchev–Trinajstić information content (AvgIpc) is 2.18. The van der Waals surface area contributed by atoms with Gasteiger partial charge in [-0.3, -0.25) is 10.1 Å². The standard InChI is InChI=1S/C9H11NO4/c1-7(14-6-11)8-4-2-3-5-9(8)10(12)13/h2-5,7,11H,6H2,1H3. The molecular formula is C9H11NO4. The minimum atomic E-state index is -0.485. The van der Waals surface area contributed by atoms with Crippen molar-refractivity contribution in [2.45, 2.75) is 13.0 Å². The summed E-state index contributed by atoms with van der Waals surface area (Å²) in [5.74, 6) is 0. The number of aliphatic hydroxyl groups excluding tert-OH is 1. The zero-order chi connectivity index (χ0) is 10.6. The molecule has 0 fully saturated rings. The molecule has 5 nitrogen and oxygen atoms in total. The molecule has 0 saturated carbocycles. The Bertz CT molecular complexity index is 326. The molecule has 1 atom stereocenters. The second kappa shape index (κ2) is 4.69. The van der Waals surface area contributed by atoms with Crippen LogP contribution in [0.15, 0.2) is 24.3 Å². The number of para-hydroxylation sites is 1. The molecule has 1 aromatic carbocycles. The Labute approximate surface area is 81.1 Å². The summed E-state index contributed by atoms with van der Waals surface area (Å²) in [5, 5.41) is 19.2. The second-order valence-corrected chi connectivity index (χ2v) is 2.75. The van der Waals surface area contributed by atoms with E-state index in [-0.39, 0.29) is 5.69 Å². The Morgan fingerprint density at radius 2 is 2.21 bits per heavy atom. The van der Waals surface area contributed by atoms with Crippen LogP contribution in [0.1, 0.15) is 18.6 Å². The third-order valence-electron chi connectivity index (χ3n) is 1.90. The third kappa shape index (κ3) is 2.27. The van der Waals surface area contributed by atoms with Crippen LogP contribution in [0.3, 0.4) is 0 Å². The van der Waals surface area contributed by atoms with Crippen molar-refractivity contribution in [2.75, 3.05) is 6.79 Å². The quantitative estimate of drug-likeness (QED) is 0.452. The largest absolute Gasteiger partial charge is 0.371 e. The summed E-state index contributed by atoms with van der Waals surface area (Å²) in [5.41, 5.74) is 0.472. The van der Waals surface area contributed by atoms with Crippen LogP contribution in [0.2, 0.25) is 0 Å². The van der Waals surface area contributed by atoms with E-state index in [4.69, 9.17) is 9.84 Å². The summed E-state index contributed by atoms with van der Waals surface area (Å²) in [6.07, 6.45) is -0.485. The first-order valence-electron chi connectivity index (χ1n) is 4.12. The number of nitrogens with zero attached hydrogens (tertiary/aromatic N) is 1. The molecule has 0 saturated heterocycles. The number of aliphatic hydroxyl groups is 1. The fourth-order valence-corrected chi connectivity index (χ4v) is 1.20. The highest BCUT2D eigenvalue weighted by molar-refractivity contribution is 5.41. The fraction of sp³-hybridized carbons (Fsp3) is 0.333. The van der Waals surface area contributed by atoms with Gasteiger partial charge in [0.2, 0.25) is 0 Å². The molecule has 1 aromatic rings. The summed E-state index contributed by atoms with van der Waals surface area (Å²) in [7, 11) is 0. The van der Waals surface area contributed by atoms with Crippen LogP contribution in [0.4, 0.5) is 5.69 Å². The van der Waals surface area contributed by atoms with Crippen molar-refractivity contribution >= 4 is 5.69 Å². The van der Waals surface area contributed by atoms with Gasteiger partial charge in [0.15, 0.2) is 0 Å². The van der Waals surface area contributed by atoms with Crippen molar-refractivity contribution in [2.24, 2.45) is 0 Å². The van der Waals surface area contributed by atoms with Gasteiger partial charge in [0, 0.05) is 6.07 Å². The lowest BCUT2D eigenvalue weighted by molar-refractivity contribution is -0.386. The molecule has 76 valence electrons. The number of benzene rings is 1. The Balaban J connectivity index is 3.00. The monoisotopic (exact) mass is 197 g/mol. The van der Waals surface area contributed by atoms with Crippen molar-refractivity contribution in [3.05, 3.63) is 39.9 Å². The van der Waals surface area contributed by atoms with E-state index in [1.54, 1.807) is 25.1 Å². The molecule has 1 N–H and O–H groups in total. The van der Waals surface area contributed by atoms with Crippen LogP contribution in [-0.2, 0) is 4.74 Å². The SMILES string of the molecule is CC(OCO)c1ccccc1[N+](=O)[O-]. The van der Waals surface area contributed by atoms with Gasteiger partial charge < -0.3 is 9.84 Å². The average molecular weight is 197 g/mol. The second-order valence-electron chi connectivity index (χ2n) is 2.75. The van der Waals surface area contributed by atoms with Crippen molar-refractivity contribution < 1.29 is 14.8 Å². The molecule has 14 heavy (non-hydrogen) atoms. The topological polar surface area (TPSA) is 72.6 Å². The van der Waals surface area contributed by atoms with Crippen molar-refractivity contribution in [3.8, 4) is 0 Å². The van der Waals surface area contributed by atoms with E-state index in [0.29, 0.717) is 5.56 Å². The fourth-order valence-electron chi connectivity index (χ4n) is 1.20. The number of nitro groups is 1. The van der Waals surface area contributed by atoms with Crippen LogP contribution in [-0.4, -0.2) is 16.8 Å². The zero-order valence-corrected chi connectivity index (χ0v) is 7.71. The van der Waals surface area contributed by atoms with Gasteiger partial charge in [0.1, 0.15) is 6.79 Å². The smallest absolute Gasteiger partial charge is 0.275 e. The van der Waals surface area contributed by atoms with E-state index in [0.717, 1.165) is 0 Å². The minimum absolute atomic E-state index is 0.00782. The van der Waals surface area contributed by atoms with Crippen LogP contribution in [0.5, 0.6) is 0 Å². The maximum atomic E-state index is 10.6. The number of hydrogen-bond acceptors (Lipinski definition) is 4. The first kappa shape index (κ1) is 10.6. The van der Waals surface area contributed by atoms with Gasteiger partial charge in [-0.15, -0.1) is 0 Å². The zero-order valence-electron chi connectivity index (χ0n) is 7.71. The lowest BCUT2D eigenvalue weighted by Crippen LogP contribution is -2.04. The lowest BCUT2D eigenvalue weighted by Gasteiger charge is -2.10. The molecule has 0 aliphatic heterocycles. The molecule has 0 spiro atoms. The number of ether oxygens (including phenoxy) is 1. The lowest BCUT2D eigenvalue weighted by atomic mass is 10.1. The van der Waals surface area contributed by atoms with Gasteiger partial charge in [-0.05, 0) is 13.0 Å². The van der Waals surface area contributed by atoms with Crippen molar-refractivity contribution in [3.63, 3.8) is 0 Å². The molecule has 0 aliphatic carbocycles. The summed E-state index contributed by atoms with van der Waals surface area (Å²) in [4.78, 5) is 10.2. The number of nitro benzene ring substituents is 1. The molecule has 1 rings (SSSR count). The van der Waals surface area contributed by atoms with Crippen LogP contribution >= 0.6 is 0 Å². The first-order chi connectivity index (χ1) is 6.66. The summed E-state index contributed by atoms with van der Waals surface area (Å²) in [6, 6.07) is 6.30. The normalized spacial score (nSPS) is 12.4. The Hall–Kier alpha value is -1.46. The van der Waals surface area contributed by atoms with E-state index >= 15 is 0 Å². The molecule has 0 aromatic heterocycles. The number of rotatable bonds is 4. The molecule has 0 heterocycles. The van der Waals surface area contributed by atoms with Gasteiger partial charge >= 0.3 is 0 Å². The van der Waals surface area contributed by atoms with E-state index in [1.807, 2.05) is 0 Å². The van der Waals surface area contributed by atoms with Crippen LogP contribution in [0, 0.1) is 10.1 Å². The molecule has 1 unspecified atom stereocenters. The first-order valence-corrected chi connectivity index (χ1v) is 4.12. The maximum Gasteiger partial charge on any atom is 0.275 e. The van der Waals surface area contributed by atoms with Crippen molar-refractivity contribution in [1.82, 2.24) is 0 Å². The summed E-state index contributed by atoms with van der Waals surface area (Å²) in [6.45, 7) is 1.20. The highest BCUT2D eigenvalue weighted by atomic mass is 16.6. The van der Waals surface area contributed by atoms with Gasteiger partial charge in [-0.2, -0.15) is 0 Å². The predicted octanol–water partition coefficient (Wildman–Crippen LogP) is 1.62. The predicted molar refractivity (Wildman–Crippen MR) is 49.7 cm³/mol. The highest BCUT2D eigenvalue weighted by Crippen LogP contribution is 2.26. The highest BCUT2D eigenvalue weighted by Gasteiger charge is 2.17. The summed E-state index contributed by atoms with van der Waals surface area (Å²) < 4.78 is 4.87. The Kier molecular flexibility index (Phi) is 3.55. The Morgan fingerprint density at radius 3 is 2.79 bits per heavy atom. The van der Waals surface area contributed by atoms with Gasteiger partial charge in [-0.1, -0.05) is 12.1 Å². The molecule has 5 heteroatoms. The van der Waals surface area contributed by atoms with E-state index in [9.17, 15) is 10.1 Å². The van der Waals surface area contributed by atoms with Gasteiger partial charge in [0.25, 0.3) is 5.69 Å². The molecule has 0 amide bonds. The van der Waals surface area contributed by atoms with Crippen molar-refractivity contribution in [1.29, 1.82) is 0 Å². The van der Waals surface area contributed by atoms with Crippen LogP contribution in [0.25, 0.3) is 0 Å².